The number of benzene rings is 1. The number of pyridine rings is 1. The Bertz CT molecular complexity index is 927. The van der Waals surface area contributed by atoms with Crippen LogP contribution in [0.25, 0.3) is 21.0 Å². The van der Waals surface area contributed by atoms with Crippen molar-refractivity contribution >= 4 is 38.2 Å². The molecule has 23 heavy (non-hydrogen) atoms. The van der Waals surface area contributed by atoms with Gasteiger partial charge in [-0.2, -0.15) is 0 Å². The lowest BCUT2D eigenvalue weighted by Crippen LogP contribution is -2.24. The van der Waals surface area contributed by atoms with Gasteiger partial charge in [-0.15, -0.1) is 11.3 Å². The highest BCUT2D eigenvalue weighted by Crippen LogP contribution is 2.30. The minimum atomic E-state index is -0.145. The second kappa shape index (κ2) is 6.52. The van der Waals surface area contributed by atoms with Crippen molar-refractivity contribution in [2.24, 2.45) is 7.05 Å². The van der Waals surface area contributed by atoms with Gasteiger partial charge in [0.1, 0.15) is 0 Å². The van der Waals surface area contributed by atoms with Gasteiger partial charge in [-0.3, -0.25) is 9.59 Å². The monoisotopic (exact) mass is 330 g/mol. The minimum Gasteiger partial charge on any atom is -0.385 e. The van der Waals surface area contributed by atoms with Crippen LogP contribution < -0.4 is 10.9 Å². The van der Waals surface area contributed by atoms with Crippen molar-refractivity contribution in [3.8, 4) is 0 Å². The summed E-state index contributed by atoms with van der Waals surface area (Å²) in [5.41, 5.74) is 0.798. The lowest BCUT2D eigenvalue weighted by atomic mass is 10.2. The Kier molecular flexibility index (Phi) is 4.45. The number of thiophene rings is 1. The van der Waals surface area contributed by atoms with Crippen molar-refractivity contribution in [3.05, 3.63) is 45.6 Å². The van der Waals surface area contributed by atoms with Gasteiger partial charge in [-0.1, -0.05) is 18.2 Å². The Hall–Kier alpha value is -2.18. The number of hydrogen-bond donors (Lipinski definition) is 1. The van der Waals surface area contributed by atoms with Crippen LogP contribution in [0.5, 0.6) is 0 Å². The number of carbonyl (C=O) groups excluding carboxylic acids is 1. The fraction of sp³-hybridized carbons (Fsp3) is 0.294. The van der Waals surface area contributed by atoms with Gasteiger partial charge in [0.25, 0.3) is 11.5 Å². The zero-order chi connectivity index (χ0) is 16.4. The highest BCUT2D eigenvalue weighted by atomic mass is 32.1. The average molecular weight is 330 g/mol. The molecule has 0 aliphatic heterocycles. The molecule has 0 saturated heterocycles. The number of para-hydroxylation sites is 1. The third-order valence-electron chi connectivity index (χ3n) is 3.81. The summed E-state index contributed by atoms with van der Waals surface area (Å²) in [6, 6.07) is 9.44. The molecule has 1 aromatic carbocycles. The lowest BCUT2D eigenvalue weighted by Gasteiger charge is -2.05. The second-order valence-electron chi connectivity index (χ2n) is 5.34. The molecule has 0 bridgehead atoms. The molecule has 0 spiro atoms. The van der Waals surface area contributed by atoms with Gasteiger partial charge >= 0.3 is 0 Å². The van der Waals surface area contributed by atoms with Gasteiger partial charge in [0.15, 0.2) is 0 Å². The number of nitrogens with one attached hydrogen (secondary N) is 1. The summed E-state index contributed by atoms with van der Waals surface area (Å²) in [4.78, 5) is 25.3. The van der Waals surface area contributed by atoms with Crippen LogP contribution in [0.4, 0.5) is 0 Å². The van der Waals surface area contributed by atoms with Crippen LogP contribution in [-0.4, -0.2) is 30.7 Å². The van der Waals surface area contributed by atoms with Crippen LogP contribution in [0.15, 0.2) is 35.1 Å². The van der Waals surface area contributed by atoms with Crippen molar-refractivity contribution in [1.82, 2.24) is 9.88 Å². The molecule has 0 atom stereocenters. The number of amides is 1. The summed E-state index contributed by atoms with van der Waals surface area (Å²) >= 11 is 1.36. The predicted octanol–water partition coefficient (Wildman–Crippen LogP) is 2.52. The number of aryl methyl sites for hydroxylation is 1. The number of aromatic nitrogens is 1. The van der Waals surface area contributed by atoms with E-state index in [9.17, 15) is 9.59 Å². The van der Waals surface area contributed by atoms with Gasteiger partial charge in [-0.05, 0) is 18.6 Å². The van der Waals surface area contributed by atoms with E-state index < -0.39 is 0 Å². The predicted molar refractivity (Wildman–Crippen MR) is 93.4 cm³/mol. The maximum Gasteiger partial charge on any atom is 0.261 e. The maximum atomic E-state index is 12.5. The van der Waals surface area contributed by atoms with Crippen LogP contribution in [0, 0.1) is 0 Å². The highest BCUT2D eigenvalue weighted by molar-refractivity contribution is 7.21. The summed E-state index contributed by atoms with van der Waals surface area (Å²) in [6.45, 7) is 1.16. The number of methoxy groups -OCH3 is 1. The van der Waals surface area contributed by atoms with Crippen molar-refractivity contribution < 1.29 is 9.53 Å². The van der Waals surface area contributed by atoms with Crippen LogP contribution in [0.3, 0.4) is 0 Å². The van der Waals surface area contributed by atoms with E-state index in [1.54, 1.807) is 24.8 Å². The smallest absolute Gasteiger partial charge is 0.261 e. The molecule has 3 aromatic rings. The van der Waals surface area contributed by atoms with E-state index in [0.29, 0.717) is 23.4 Å². The highest BCUT2D eigenvalue weighted by Gasteiger charge is 2.15. The van der Waals surface area contributed by atoms with Crippen molar-refractivity contribution in [2.45, 2.75) is 6.42 Å². The molecule has 3 rings (SSSR count). The number of hydrogen-bond acceptors (Lipinski definition) is 4. The van der Waals surface area contributed by atoms with Crippen LogP contribution >= 0.6 is 11.3 Å². The first kappa shape index (κ1) is 15.7. The molecule has 0 unspecified atom stereocenters. The zero-order valence-electron chi connectivity index (χ0n) is 13.1. The topological polar surface area (TPSA) is 60.3 Å². The standard InChI is InChI=1S/C17H18N2O3S/c1-19-13-7-4-3-6-11(13)15-12(17(19)21)10-14(23-15)16(20)18-8-5-9-22-2/h3-4,6-7,10H,5,8-9H2,1-2H3,(H,18,20). The van der Waals surface area contributed by atoms with E-state index in [4.69, 9.17) is 4.74 Å². The molecule has 0 aliphatic rings. The Morgan fingerprint density at radius 3 is 2.87 bits per heavy atom. The van der Waals surface area contributed by atoms with Crippen LogP contribution in [-0.2, 0) is 11.8 Å². The third kappa shape index (κ3) is 2.87. The lowest BCUT2D eigenvalue weighted by molar-refractivity contribution is 0.0952. The number of fused-ring (bicyclic) bond motifs is 3. The largest absolute Gasteiger partial charge is 0.385 e. The molecule has 0 radical (unpaired) electrons. The van der Waals surface area contributed by atoms with E-state index in [2.05, 4.69) is 5.32 Å². The molecule has 5 nitrogen and oxygen atoms in total. The van der Waals surface area contributed by atoms with Crippen LogP contribution in [0.1, 0.15) is 16.1 Å². The maximum absolute atomic E-state index is 12.5. The Morgan fingerprint density at radius 1 is 1.30 bits per heavy atom. The van der Waals surface area contributed by atoms with Gasteiger partial charge < -0.3 is 14.6 Å². The average Bonchev–Trinajstić information content (AvgIpc) is 3.02. The van der Waals surface area contributed by atoms with Gasteiger partial charge in [0, 0.05) is 37.4 Å². The number of nitrogens with zero attached hydrogens (tertiary/aromatic N) is 1. The Balaban J connectivity index is 2.02. The summed E-state index contributed by atoms with van der Waals surface area (Å²) in [7, 11) is 3.39. The molecule has 6 heteroatoms. The van der Waals surface area contributed by atoms with Crippen molar-refractivity contribution in [2.75, 3.05) is 20.3 Å². The molecule has 0 fully saturated rings. The first-order chi connectivity index (χ1) is 11.1. The molecular weight excluding hydrogens is 312 g/mol. The number of ether oxygens (including phenoxy) is 1. The first-order valence-electron chi connectivity index (χ1n) is 7.42. The van der Waals surface area contributed by atoms with Gasteiger partial charge in [-0.25, -0.2) is 0 Å². The summed E-state index contributed by atoms with van der Waals surface area (Å²) in [5, 5.41) is 4.45. The Labute approximate surface area is 137 Å². The molecular formula is C17H18N2O3S. The summed E-state index contributed by atoms with van der Waals surface area (Å²) in [6.07, 6.45) is 0.762. The molecule has 1 amide bonds. The quantitative estimate of drug-likeness (QED) is 0.731. The number of rotatable bonds is 5. The number of carbonyl (C=O) groups is 1. The molecule has 2 aromatic heterocycles. The van der Waals surface area contributed by atoms with E-state index in [1.807, 2.05) is 24.3 Å². The third-order valence-corrected chi connectivity index (χ3v) is 4.98. The molecule has 0 aliphatic carbocycles. The van der Waals surface area contributed by atoms with E-state index >= 15 is 0 Å². The SMILES string of the molecule is COCCCNC(=O)c1cc2c(=O)n(C)c3ccccc3c2s1. The molecule has 0 saturated carbocycles. The van der Waals surface area contributed by atoms with Crippen molar-refractivity contribution in [1.29, 1.82) is 0 Å². The zero-order valence-corrected chi connectivity index (χ0v) is 13.9. The minimum absolute atomic E-state index is 0.0756. The van der Waals surface area contributed by atoms with E-state index in [-0.39, 0.29) is 11.5 Å². The molecule has 2 heterocycles. The van der Waals surface area contributed by atoms with E-state index in [1.165, 1.54) is 11.3 Å². The van der Waals surface area contributed by atoms with Gasteiger partial charge in [0.2, 0.25) is 0 Å². The Morgan fingerprint density at radius 2 is 2.09 bits per heavy atom. The fourth-order valence-corrected chi connectivity index (χ4v) is 3.72. The van der Waals surface area contributed by atoms with Crippen LogP contribution in [0.2, 0.25) is 0 Å². The summed E-state index contributed by atoms with van der Waals surface area (Å²) in [5.74, 6) is -0.145. The fourth-order valence-electron chi connectivity index (χ4n) is 2.62. The first-order valence-corrected chi connectivity index (χ1v) is 8.23. The van der Waals surface area contributed by atoms with Crippen molar-refractivity contribution in [3.63, 3.8) is 0 Å². The van der Waals surface area contributed by atoms with Gasteiger partial charge in [0.05, 0.1) is 15.8 Å². The normalized spacial score (nSPS) is 11.2. The molecule has 120 valence electrons. The summed E-state index contributed by atoms with van der Waals surface area (Å²) < 4.78 is 7.46. The van der Waals surface area contributed by atoms with E-state index in [0.717, 1.165) is 22.0 Å². The molecule has 1 N–H and O–H groups in total. The second-order valence-corrected chi connectivity index (χ2v) is 6.39.